The monoisotopic (exact) mass is 376 g/mol. The highest BCUT2D eigenvalue weighted by molar-refractivity contribution is 7.92. The Morgan fingerprint density at radius 1 is 1.12 bits per heavy atom. The van der Waals surface area contributed by atoms with E-state index in [1.54, 1.807) is 19.2 Å². The lowest BCUT2D eigenvalue weighted by Gasteiger charge is -2.23. The molecular formula is C19H24N2O4S. The Bertz CT molecular complexity index is 848. The second kappa shape index (κ2) is 8.71. The molecule has 0 fully saturated rings. The molecule has 0 aliphatic heterocycles. The maximum atomic E-state index is 12.1. The third-order valence-corrected chi connectivity index (χ3v) is 5.16. The van der Waals surface area contributed by atoms with Gasteiger partial charge in [0, 0.05) is 19.5 Å². The first-order chi connectivity index (χ1) is 12.3. The van der Waals surface area contributed by atoms with Crippen molar-refractivity contribution in [2.45, 2.75) is 19.9 Å². The van der Waals surface area contributed by atoms with E-state index in [-0.39, 0.29) is 18.9 Å². The van der Waals surface area contributed by atoms with E-state index >= 15 is 0 Å². The van der Waals surface area contributed by atoms with Crippen LogP contribution in [0.2, 0.25) is 0 Å². The molecule has 7 heteroatoms. The summed E-state index contributed by atoms with van der Waals surface area (Å²) >= 11 is 0. The summed E-state index contributed by atoms with van der Waals surface area (Å²) in [6.07, 6.45) is 1.23. The van der Waals surface area contributed by atoms with E-state index in [1.165, 1.54) is 4.31 Å². The fourth-order valence-corrected chi connectivity index (χ4v) is 3.53. The average Bonchev–Trinajstić information content (AvgIpc) is 2.61. The van der Waals surface area contributed by atoms with Gasteiger partial charge in [-0.1, -0.05) is 30.3 Å². The van der Waals surface area contributed by atoms with E-state index in [2.05, 4.69) is 5.32 Å². The van der Waals surface area contributed by atoms with Crippen molar-refractivity contribution in [2.24, 2.45) is 0 Å². The van der Waals surface area contributed by atoms with E-state index in [9.17, 15) is 13.2 Å². The Morgan fingerprint density at radius 3 is 2.35 bits per heavy atom. The van der Waals surface area contributed by atoms with Crippen LogP contribution in [0.15, 0.2) is 48.5 Å². The van der Waals surface area contributed by atoms with E-state index < -0.39 is 10.0 Å². The molecule has 0 saturated carbocycles. The Hall–Kier alpha value is -2.54. The van der Waals surface area contributed by atoms with Crippen molar-refractivity contribution < 1.29 is 17.9 Å². The minimum Gasteiger partial charge on any atom is -0.497 e. The summed E-state index contributed by atoms with van der Waals surface area (Å²) in [4.78, 5) is 12.1. The van der Waals surface area contributed by atoms with Crippen LogP contribution < -0.4 is 14.4 Å². The molecule has 1 N–H and O–H groups in total. The van der Waals surface area contributed by atoms with Gasteiger partial charge in [-0.3, -0.25) is 9.10 Å². The number of amides is 1. The number of rotatable bonds is 8. The van der Waals surface area contributed by atoms with Gasteiger partial charge in [0.15, 0.2) is 0 Å². The molecule has 0 aliphatic rings. The summed E-state index contributed by atoms with van der Waals surface area (Å²) in [7, 11) is -1.88. The van der Waals surface area contributed by atoms with E-state index in [0.29, 0.717) is 12.2 Å². The first-order valence-electron chi connectivity index (χ1n) is 8.24. The lowest BCUT2D eigenvalue weighted by atomic mass is 10.2. The summed E-state index contributed by atoms with van der Waals surface area (Å²) in [5.41, 5.74) is 2.38. The van der Waals surface area contributed by atoms with Crippen LogP contribution >= 0.6 is 0 Å². The molecule has 0 saturated heterocycles. The Kier molecular flexibility index (Phi) is 6.63. The molecule has 26 heavy (non-hydrogen) atoms. The van der Waals surface area contributed by atoms with Crippen LogP contribution in [0.5, 0.6) is 5.75 Å². The molecule has 0 spiro atoms. The summed E-state index contributed by atoms with van der Waals surface area (Å²) in [5.74, 6) is 0.546. The van der Waals surface area contributed by atoms with Crippen molar-refractivity contribution in [2.75, 3.05) is 24.2 Å². The van der Waals surface area contributed by atoms with Crippen molar-refractivity contribution in [1.82, 2.24) is 5.32 Å². The van der Waals surface area contributed by atoms with Gasteiger partial charge in [0.2, 0.25) is 15.9 Å². The zero-order valence-electron chi connectivity index (χ0n) is 15.2. The number of aryl methyl sites for hydroxylation is 1. The number of para-hydroxylation sites is 1. The first-order valence-corrected chi connectivity index (χ1v) is 10.1. The maximum absolute atomic E-state index is 12.1. The van der Waals surface area contributed by atoms with Crippen LogP contribution in [0.3, 0.4) is 0 Å². The Labute approximate surface area is 154 Å². The third-order valence-electron chi connectivity index (χ3n) is 3.98. The number of nitrogens with zero attached hydrogens (tertiary/aromatic N) is 1. The molecule has 2 aromatic carbocycles. The topological polar surface area (TPSA) is 75.7 Å². The molecule has 2 aromatic rings. The number of hydrogen-bond donors (Lipinski definition) is 1. The fourth-order valence-electron chi connectivity index (χ4n) is 2.54. The molecule has 6 nitrogen and oxygen atoms in total. The van der Waals surface area contributed by atoms with Gasteiger partial charge in [-0.2, -0.15) is 0 Å². The van der Waals surface area contributed by atoms with Crippen molar-refractivity contribution in [3.63, 3.8) is 0 Å². The minimum absolute atomic E-state index is 0.0809. The molecule has 0 heterocycles. The van der Waals surface area contributed by atoms with Gasteiger partial charge in [-0.05, 0) is 36.2 Å². The number of nitrogens with one attached hydrogen (secondary N) is 1. The van der Waals surface area contributed by atoms with Crippen molar-refractivity contribution in [3.05, 3.63) is 59.7 Å². The Balaban J connectivity index is 1.95. The van der Waals surface area contributed by atoms with Gasteiger partial charge >= 0.3 is 0 Å². The molecule has 0 bridgehead atoms. The average molecular weight is 376 g/mol. The van der Waals surface area contributed by atoms with Gasteiger partial charge in [-0.25, -0.2) is 8.42 Å². The Morgan fingerprint density at radius 2 is 1.77 bits per heavy atom. The number of sulfonamides is 1. The van der Waals surface area contributed by atoms with Crippen LogP contribution in [0, 0.1) is 6.92 Å². The lowest BCUT2D eigenvalue weighted by Crippen LogP contribution is -2.35. The van der Waals surface area contributed by atoms with Crippen LogP contribution in [-0.4, -0.2) is 34.2 Å². The van der Waals surface area contributed by atoms with Gasteiger partial charge in [0.05, 0.1) is 19.1 Å². The van der Waals surface area contributed by atoms with Gasteiger partial charge in [-0.15, -0.1) is 0 Å². The number of anilines is 1. The largest absolute Gasteiger partial charge is 0.497 e. The van der Waals surface area contributed by atoms with E-state index in [0.717, 1.165) is 23.1 Å². The number of benzene rings is 2. The predicted octanol–water partition coefficient (Wildman–Crippen LogP) is 2.48. The maximum Gasteiger partial charge on any atom is 0.232 e. The highest BCUT2D eigenvalue weighted by Gasteiger charge is 2.19. The predicted molar refractivity (Wildman–Crippen MR) is 103 cm³/mol. The second-order valence-electron chi connectivity index (χ2n) is 6.00. The standard InChI is InChI=1S/C19H24N2O4S/c1-15-6-4-5-7-18(15)21(26(3,23)24)13-12-19(22)20-14-16-8-10-17(25-2)11-9-16/h4-11H,12-14H2,1-3H3,(H,20,22). The number of carbonyl (C=O) groups excluding carboxylic acids is 1. The lowest BCUT2D eigenvalue weighted by molar-refractivity contribution is -0.121. The fraction of sp³-hybridized carbons (Fsp3) is 0.316. The minimum atomic E-state index is -3.47. The molecule has 140 valence electrons. The van der Waals surface area contributed by atoms with Crippen molar-refractivity contribution in [3.8, 4) is 5.75 Å². The van der Waals surface area contributed by atoms with Gasteiger partial charge in [0.25, 0.3) is 0 Å². The van der Waals surface area contributed by atoms with Crippen molar-refractivity contribution >= 4 is 21.6 Å². The van der Waals surface area contributed by atoms with E-state index in [1.807, 2.05) is 43.3 Å². The van der Waals surface area contributed by atoms with Crippen LogP contribution in [0.4, 0.5) is 5.69 Å². The highest BCUT2D eigenvalue weighted by atomic mass is 32.2. The SMILES string of the molecule is COc1ccc(CNC(=O)CCN(c2ccccc2C)S(C)(=O)=O)cc1. The smallest absolute Gasteiger partial charge is 0.232 e. The molecule has 0 aliphatic carbocycles. The zero-order chi connectivity index (χ0) is 19.2. The normalized spacial score (nSPS) is 11.0. The molecule has 2 rings (SSSR count). The molecule has 0 unspecified atom stereocenters. The summed E-state index contributed by atoms with van der Waals surface area (Å²) in [5, 5.41) is 2.81. The molecule has 0 aromatic heterocycles. The number of carbonyl (C=O) groups is 1. The van der Waals surface area contributed by atoms with Crippen LogP contribution in [0.25, 0.3) is 0 Å². The number of hydrogen-bond acceptors (Lipinski definition) is 4. The summed E-state index contributed by atoms with van der Waals surface area (Å²) < 4.78 is 30.6. The number of ether oxygens (including phenoxy) is 1. The summed E-state index contributed by atoms with van der Waals surface area (Å²) in [6.45, 7) is 2.32. The zero-order valence-corrected chi connectivity index (χ0v) is 16.0. The highest BCUT2D eigenvalue weighted by Crippen LogP contribution is 2.22. The van der Waals surface area contributed by atoms with Gasteiger partial charge < -0.3 is 10.1 Å². The van der Waals surface area contributed by atoms with Crippen molar-refractivity contribution in [1.29, 1.82) is 0 Å². The second-order valence-corrected chi connectivity index (χ2v) is 7.90. The van der Waals surface area contributed by atoms with Crippen LogP contribution in [-0.2, 0) is 21.4 Å². The molecule has 0 atom stereocenters. The van der Waals surface area contributed by atoms with E-state index in [4.69, 9.17) is 4.74 Å². The third kappa shape index (κ3) is 5.49. The van der Waals surface area contributed by atoms with Gasteiger partial charge in [0.1, 0.15) is 5.75 Å². The summed E-state index contributed by atoms with van der Waals surface area (Å²) in [6, 6.07) is 14.6. The molecule has 0 radical (unpaired) electrons. The molecule has 1 amide bonds. The molecular weight excluding hydrogens is 352 g/mol. The number of methoxy groups -OCH3 is 1. The quantitative estimate of drug-likeness (QED) is 0.768. The first kappa shape index (κ1) is 19.8. The van der Waals surface area contributed by atoms with Crippen LogP contribution in [0.1, 0.15) is 17.5 Å².